The van der Waals surface area contributed by atoms with Crippen molar-refractivity contribution in [2.45, 2.75) is 90.1 Å². The summed E-state index contributed by atoms with van der Waals surface area (Å²) in [5, 5.41) is 3.45. The summed E-state index contributed by atoms with van der Waals surface area (Å²) < 4.78 is 0. The third-order valence-electron chi connectivity index (χ3n) is 3.60. The predicted molar refractivity (Wildman–Crippen MR) is 86.1 cm³/mol. The maximum absolute atomic E-state index is 5.49. The Morgan fingerprint density at radius 2 is 1.16 bits per heavy atom. The minimum Gasteiger partial charge on any atom is -0.317 e. The number of hydrogen-bond donors (Lipinski definition) is 3. The van der Waals surface area contributed by atoms with Crippen LogP contribution in [0.1, 0.15) is 84.0 Å². The van der Waals surface area contributed by atoms with Gasteiger partial charge in [-0.1, -0.05) is 64.7 Å². The van der Waals surface area contributed by atoms with E-state index in [2.05, 4.69) is 12.2 Å². The molecule has 0 saturated carbocycles. The number of nitrogens with two attached hydrogens (primary N) is 2. The lowest BCUT2D eigenvalue weighted by Crippen LogP contribution is -2.31. The number of nitrogens with one attached hydrogen (secondary N) is 1. The average molecular weight is 271 g/mol. The van der Waals surface area contributed by atoms with Crippen LogP contribution in [0.5, 0.6) is 0 Å². The molecule has 0 aromatic heterocycles. The fraction of sp³-hybridized carbons (Fsp3) is 1.00. The number of hydrogen-bond acceptors (Lipinski definition) is 3. The van der Waals surface area contributed by atoms with Gasteiger partial charge in [0.25, 0.3) is 0 Å². The van der Waals surface area contributed by atoms with Crippen molar-refractivity contribution in [1.29, 1.82) is 0 Å². The molecule has 0 unspecified atom stereocenters. The summed E-state index contributed by atoms with van der Waals surface area (Å²) >= 11 is 0. The lowest BCUT2D eigenvalue weighted by atomic mass is 10.1. The van der Waals surface area contributed by atoms with Crippen LogP contribution in [0, 0.1) is 0 Å². The quantitative estimate of drug-likeness (QED) is 0.315. The summed E-state index contributed by atoms with van der Waals surface area (Å²) in [6, 6.07) is 0. The van der Waals surface area contributed by atoms with Crippen LogP contribution >= 0.6 is 0 Å². The molecule has 0 aliphatic heterocycles. The standard InChI is InChI=1S/C16H37N3/c1-2-3-4-5-6-7-8-9-10-11-14-19-15-12-13-16(17)18/h16,19H,2-15,17-18H2,1H3. The molecule has 0 rings (SSSR count). The fourth-order valence-electron chi connectivity index (χ4n) is 2.33. The second kappa shape index (κ2) is 15.9. The first-order valence-corrected chi connectivity index (χ1v) is 8.49. The molecule has 0 radical (unpaired) electrons. The predicted octanol–water partition coefficient (Wildman–Crippen LogP) is 3.52. The highest BCUT2D eigenvalue weighted by Gasteiger charge is 1.95. The third kappa shape index (κ3) is 17.9. The van der Waals surface area contributed by atoms with Crippen molar-refractivity contribution in [2.75, 3.05) is 13.1 Å². The van der Waals surface area contributed by atoms with E-state index in [4.69, 9.17) is 11.5 Å². The van der Waals surface area contributed by atoms with E-state index >= 15 is 0 Å². The van der Waals surface area contributed by atoms with Gasteiger partial charge in [0.15, 0.2) is 0 Å². The minimum atomic E-state index is -0.140. The first-order valence-electron chi connectivity index (χ1n) is 8.49. The van der Waals surface area contributed by atoms with E-state index in [0.717, 1.165) is 25.9 Å². The summed E-state index contributed by atoms with van der Waals surface area (Å²) in [7, 11) is 0. The Bertz CT molecular complexity index is 160. The van der Waals surface area contributed by atoms with Crippen LogP contribution in [0.15, 0.2) is 0 Å². The van der Waals surface area contributed by atoms with Gasteiger partial charge in [-0.25, -0.2) is 0 Å². The maximum atomic E-state index is 5.49. The topological polar surface area (TPSA) is 64.1 Å². The largest absolute Gasteiger partial charge is 0.317 e. The molecule has 3 nitrogen and oxygen atoms in total. The van der Waals surface area contributed by atoms with Crippen LogP contribution < -0.4 is 16.8 Å². The van der Waals surface area contributed by atoms with Crippen molar-refractivity contribution in [2.24, 2.45) is 11.5 Å². The SMILES string of the molecule is CCCCCCCCCCCCNCCCC(N)N. The van der Waals surface area contributed by atoms with Crippen LogP contribution in [-0.4, -0.2) is 19.3 Å². The van der Waals surface area contributed by atoms with Gasteiger partial charge in [-0.15, -0.1) is 0 Å². The molecule has 0 bridgehead atoms. The van der Waals surface area contributed by atoms with Gasteiger partial charge in [-0.05, 0) is 32.4 Å². The van der Waals surface area contributed by atoms with E-state index in [1.807, 2.05) is 0 Å². The maximum Gasteiger partial charge on any atom is 0.0521 e. The first kappa shape index (κ1) is 18.9. The number of unbranched alkanes of at least 4 members (excludes halogenated alkanes) is 9. The minimum absolute atomic E-state index is 0.140. The van der Waals surface area contributed by atoms with Crippen LogP contribution in [0.4, 0.5) is 0 Å². The molecule has 0 amide bonds. The Labute approximate surface area is 120 Å². The zero-order chi connectivity index (χ0) is 14.2. The molecule has 0 saturated heterocycles. The Balaban J connectivity index is 2.91. The van der Waals surface area contributed by atoms with Gasteiger partial charge in [-0.3, -0.25) is 0 Å². The first-order chi connectivity index (χ1) is 9.27. The molecular formula is C16H37N3. The monoisotopic (exact) mass is 271 g/mol. The van der Waals surface area contributed by atoms with Gasteiger partial charge in [0.2, 0.25) is 0 Å². The molecular weight excluding hydrogens is 234 g/mol. The van der Waals surface area contributed by atoms with Crippen LogP contribution in [0.3, 0.4) is 0 Å². The molecule has 3 heteroatoms. The highest BCUT2D eigenvalue weighted by Crippen LogP contribution is 2.10. The van der Waals surface area contributed by atoms with Gasteiger partial charge in [0, 0.05) is 0 Å². The van der Waals surface area contributed by atoms with Crippen molar-refractivity contribution < 1.29 is 0 Å². The lowest BCUT2D eigenvalue weighted by molar-refractivity contribution is 0.527. The molecule has 0 atom stereocenters. The van der Waals surface area contributed by atoms with Gasteiger partial charge in [0.1, 0.15) is 0 Å². The van der Waals surface area contributed by atoms with Gasteiger partial charge >= 0.3 is 0 Å². The third-order valence-corrected chi connectivity index (χ3v) is 3.60. The summed E-state index contributed by atoms with van der Waals surface area (Å²) in [4.78, 5) is 0. The summed E-state index contributed by atoms with van der Waals surface area (Å²) in [5.41, 5.74) is 11.0. The summed E-state index contributed by atoms with van der Waals surface area (Å²) in [6.45, 7) is 4.48. The molecule has 0 aliphatic carbocycles. The molecule has 5 N–H and O–H groups in total. The molecule has 0 spiro atoms. The van der Waals surface area contributed by atoms with E-state index in [9.17, 15) is 0 Å². The van der Waals surface area contributed by atoms with Gasteiger partial charge in [-0.2, -0.15) is 0 Å². The Morgan fingerprint density at radius 3 is 1.68 bits per heavy atom. The Morgan fingerprint density at radius 1 is 0.684 bits per heavy atom. The highest BCUT2D eigenvalue weighted by atomic mass is 14.9. The second-order valence-corrected chi connectivity index (χ2v) is 5.74. The summed E-state index contributed by atoms with van der Waals surface area (Å²) in [6.07, 6.45) is 15.9. The Kier molecular flexibility index (Phi) is 15.8. The zero-order valence-electron chi connectivity index (χ0n) is 13.1. The van der Waals surface area contributed by atoms with Crippen molar-refractivity contribution >= 4 is 0 Å². The van der Waals surface area contributed by atoms with E-state index in [1.165, 1.54) is 64.2 Å². The second-order valence-electron chi connectivity index (χ2n) is 5.74. The molecule has 0 aliphatic rings. The van der Waals surface area contributed by atoms with E-state index in [0.29, 0.717) is 0 Å². The van der Waals surface area contributed by atoms with Crippen molar-refractivity contribution in [3.63, 3.8) is 0 Å². The van der Waals surface area contributed by atoms with Crippen LogP contribution in [0.2, 0.25) is 0 Å². The molecule has 0 heterocycles. The Hall–Kier alpha value is -0.120. The smallest absolute Gasteiger partial charge is 0.0521 e. The van der Waals surface area contributed by atoms with E-state index < -0.39 is 0 Å². The van der Waals surface area contributed by atoms with Crippen molar-refractivity contribution in [3.05, 3.63) is 0 Å². The van der Waals surface area contributed by atoms with Crippen LogP contribution in [0.25, 0.3) is 0 Å². The molecule has 0 aromatic rings. The number of rotatable bonds is 15. The zero-order valence-corrected chi connectivity index (χ0v) is 13.1. The molecule has 0 fully saturated rings. The summed E-state index contributed by atoms with van der Waals surface area (Å²) in [5.74, 6) is 0. The van der Waals surface area contributed by atoms with E-state index in [-0.39, 0.29) is 6.17 Å². The van der Waals surface area contributed by atoms with Gasteiger partial charge in [0.05, 0.1) is 6.17 Å². The highest BCUT2D eigenvalue weighted by molar-refractivity contribution is 4.55. The van der Waals surface area contributed by atoms with Crippen molar-refractivity contribution in [3.8, 4) is 0 Å². The lowest BCUT2D eigenvalue weighted by Gasteiger charge is -2.06. The molecule has 19 heavy (non-hydrogen) atoms. The average Bonchev–Trinajstić information content (AvgIpc) is 2.39. The van der Waals surface area contributed by atoms with E-state index in [1.54, 1.807) is 0 Å². The molecule has 0 aromatic carbocycles. The fourth-order valence-corrected chi connectivity index (χ4v) is 2.33. The van der Waals surface area contributed by atoms with Crippen molar-refractivity contribution in [1.82, 2.24) is 5.32 Å². The normalized spacial score (nSPS) is 11.4. The van der Waals surface area contributed by atoms with Crippen LogP contribution in [-0.2, 0) is 0 Å². The van der Waals surface area contributed by atoms with Gasteiger partial charge < -0.3 is 16.8 Å². The molecule has 116 valence electrons.